The van der Waals surface area contributed by atoms with Gasteiger partial charge >= 0.3 is 0 Å². The summed E-state index contributed by atoms with van der Waals surface area (Å²) in [5.74, 6) is 0. The van der Waals surface area contributed by atoms with Crippen LogP contribution in [0.3, 0.4) is 0 Å². The summed E-state index contributed by atoms with van der Waals surface area (Å²) in [5.41, 5.74) is 1.21. The van der Waals surface area contributed by atoms with Crippen LogP contribution in [-0.4, -0.2) is 71.1 Å². The maximum atomic E-state index is 9.97. The predicted molar refractivity (Wildman–Crippen MR) is 85.0 cm³/mol. The van der Waals surface area contributed by atoms with Crippen molar-refractivity contribution in [2.45, 2.75) is 56.3 Å². The van der Waals surface area contributed by atoms with Crippen LogP contribution in [0.15, 0.2) is 30.3 Å². The van der Waals surface area contributed by atoms with Crippen LogP contribution in [-0.2, 0) is 20.6 Å². The van der Waals surface area contributed by atoms with Crippen molar-refractivity contribution in [3.63, 3.8) is 0 Å². The van der Waals surface area contributed by atoms with Crippen molar-refractivity contribution in [1.82, 2.24) is 0 Å². The molecule has 136 valence electrons. The standard InChI is InChI=1S/C17H26O7/c1-22-13(9-5-8-11-6-3-2-4-7-11)24-17-16(21)15(20)14(19)12(10-18)23-17/h2-4,6-7,12-21H,5,8-10H2,1H3/t12-,13?,14-,15+,16-,17+/m0/s1. The fourth-order valence-electron chi connectivity index (χ4n) is 2.69. The second kappa shape index (κ2) is 9.43. The van der Waals surface area contributed by atoms with Gasteiger partial charge in [0.15, 0.2) is 12.6 Å². The fourth-order valence-corrected chi connectivity index (χ4v) is 2.69. The third-order valence-electron chi connectivity index (χ3n) is 4.15. The third kappa shape index (κ3) is 4.97. The van der Waals surface area contributed by atoms with Crippen LogP contribution < -0.4 is 0 Å². The van der Waals surface area contributed by atoms with Crippen LogP contribution in [0.25, 0.3) is 0 Å². The molecule has 1 aromatic rings. The molecule has 1 saturated heterocycles. The Morgan fingerprint density at radius 2 is 1.79 bits per heavy atom. The molecule has 4 N–H and O–H groups in total. The summed E-state index contributed by atoms with van der Waals surface area (Å²) < 4.78 is 16.1. The molecule has 1 heterocycles. The number of aliphatic hydroxyl groups is 4. The molecule has 7 heteroatoms. The van der Waals surface area contributed by atoms with E-state index in [4.69, 9.17) is 14.2 Å². The van der Waals surface area contributed by atoms with E-state index in [1.165, 1.54) is 12.7 Å². The summed E-state index contributed by atoms with van der Waals surface area (Å²) in [6.07, 6.45) is -4.84. The van der Waals surface area contributed by atoms with E-state index in [0.717, 1.165) is 12.8 Å². The molecule has 7 nitrogen and oxygen atoms in total. The van der Waals surface area contributed by atoms with Gasteiger partial charge in [-0.15, -0.1) is 0 Å². The summed E-state index contributed by atoms with van der Waals surface area (Å²) in [4.78, 5) is 0. The van der Waals surface area contributed by atoms with Gasteiger partial charge in [0.25, 0.3) is 0 Å². The topological polar surface area (TPSA) is 109 Å². The lowest BCUT2D eigenvalue weighted by Crippen LogP contribution is -2.59. The predicted octanol–water partition coefficient (Wildman–Crippen LogP) is -0.202. The highest BCUT2D eigenvalue weighted by Gasteiger charge is 2.44. The third-order valence-corrected chi connectivity index (χ3v) is 4.15. The molecular formula is C17H26O7. The number of hydrogen-bond donors (Lipinski definition) is 4. The van der Waals surface area contributed by atoms with Crippen molar-refractivity contribution in [3.05, 3.63) is 35.9 Å². The minimum absolute atomic E-state index is 0.490. The monoisotopic (exact) mass is 342 g/mol. The zero-order valence-electron chi connectivity index (χ0n) is 13.7. The van der Waals surface area contributed by atoms with Crippen LogP contribution in [0, 0.1) is 0 Å². The molecule has 1 aromatic carbocycles. The average molecular weight is 342 g/mol. The number of methoxy groups -OCH3 is 1. The number of benzene rings is 1. The Bertz CT molecular complexity index is 467. The van der Waals surface area contributed by atoms with Gasteiger partial charge in [0.1, 0.15) is 24.4 Å². The van der Waals surface area contributed by atoms with Crippen molar-refractivity contribution in [3.8, 4) is 0 Å². The number of hydrogen-bond acceptors (Lipinski definition) is 7. The van der Waals surface area contributed by atoms with Gasteiger partial charge in [0.05, 0.1) is 6.61 Å². The zero-order valence-corrected chi connectivity index (χ0v) is 13.7. The summed E-state index contributed by atoms with van der Waals surface area (Å²) >= 11 is 0. The van der Waals surface area contributed by atoms with Gasteiger partial charge in [0.2, 0.25) is 0 Å². The largest absolute Gasteiger partial charge is 0.394 e. The molecule has 0 aliphatic carbocycles. The molecule has 0 bridgehead atoms. The van der Waals surface area contributed by atoms with E-state index < -0.39 is 43.6 Å². The molecule has 0 radical (unpaired) electrons. The normalized spacial score (nSPS) is 31.8. The molecule has 0 spiro atoms. The van der Waals surface area contributed by atoms with Crippen molar-refractivity contribution in [2.75, 3.05) is 13.7 Å². The van der Waals surface area contributed by atoms with Crippen molar-refractivity contribution in [2.24, 2.45) is 0 Å². The van der Waals surface area contributed by atoms with Crippen molar-refractivity contribution < 1.29 is 34.6 Å². The van der Waals surface area contributed by atoms with Crippen LogP contribution in [0.1, 0.15) is 18.4 Å². The highest BCUT2D eigenvalue weighted by molar-refractivity contribution is 5.14. The highest BCUT2D eigenvalue weighted by Crippen LogP contribution is 2.24. The second-order valence-corrected chi connectivity index (χ2v) is 5.88. The Hall–Kier alpha value is -1.06. The van der Waals surface area contributed by atoms with Crippen LogP contribution in [0.4, 0.5) is 0 Å². The number of aryl methyl sites for hydroxylation is 1. The van der Waals surface area contributed by atoms with E-state index in [1.54, 1.807) is 0 Å². The Morgan fingerprint density at radius 1 is 1.08 bits per heavy atom. The SMILES string of the molecule is COC(CCCc1ccccc1)O[C@H]1O[C@@H](CO)[C@H](O)[C@@H](O)[C@@H]1O. The number of ether oxygens (including phenoxy) is 3. The molecule has 2 rings (SSSR count). The smallest absolute Gasteiger partial charge is 0.189 e. The Kier molecular flexibility index (Phi) is 7.57. The first kappa shape index (κ1) is 19.3. The summed E-state index contributed by atoms with van der Waals surface area (Å²) in [6, 6.07) is 10.0. The van der Waals surface area contributed by atoms with Gasteiger partial charge in [-0.2, -0.15) is 0 Å². The molecule has 1 aliphatic rings. The van der Waals surface area contributed by atoms with E-state index in [2.05, 4.69) is 0 Å². The Morgan fingerprint density at radius 3 is 2.42 bits per heavy atom. The molecule has 0 aromatic heterocycles. The van der Waals surface area contributed by atoms with Gasteiger partial charge in [-0.05, 0) is 24.8 Å². The lowest BCUT2D eigenvalue weighted by Gasteiger charge is -2.40. The maximum Gasteiger partial charge on any atom is 0.189 e. The molecular weight excluding hydrogens is 316 g/mol. The second-order valence-electron chi connectivity index (χ2n) is 5.88. The summed E-state index contributed by atoms with van der Waals surface area (Å²) in [5, 5.41) is 38.7. The van der Waals surface area contributed by atoms with Gasteiger partial charge in [-0.3, -0.25) is 0 Å². The number of rotatable bonds is 8. The first-order valence-corrected chi connectivity index (χ1v) is 8.09. The van der Waals surface area contributed by atoms with E-state index in [0.29, 0.717) is 6.42 Å². The van der Waals surface area contributed by atoms with Crippen molar-refractivity contribution >= 4 is 0 Å². The minimum atomic E-state index is -1.46. The maximum absolute atomic E-state index is 9.97. The molecule has 24 heavy (non-hydrogen) atoms. The first-order valence-electron chi connectivity index (χ1n) is 8.09. The molecule has 1 unspecified atom stereocenters. The average Bonchev–Trinajstić information content (AvgIpc) is 2.61. The summed E-state index contributed by atoms with van der Waals surface area (Å²) in [6.45, 7) is -0.490. The van der Waals surface area contributed by atoms with Gasteiger partial charge < -0.3 is 34.6 Å². The quantitative estimate of drug-likeness (QED) is 0.484. The van der Waals surface area contributed by atoms with Gasteiger partial charge in [-0.1, -0.05) is 30.3 Å². The van der Waals surface area contributed by atoms with Crippen LogP contribution >= 0.6 is 0 Å². The van der Waals surface area contributed by atoms with Gasteiger partial charge in [0, 0.05) is 7.11 Å². The van der Waals surface area contributed by atoms with Crippen LogP contribution in [0.2, 0.25) is 0 Å². The molecule has 1 fully saturated rings. The van der Waals surface area contributed by atoms with Crippen LogP contribution in [0.5, 0.6) is 0 Å². The van der Waals surface area contributed by atoms with E-state index in [-0.39, 0.29) is 0 Å². The van der Waals surface area contributed by atoms with E-state index in [9.17, 15) is 20.4 Å². The molecule has 6 atom stereocenters. The number of aliphatic hydroxyl groups excluding tert-OH is 4. The van der Waals surface area contributed by atoms with Crippen molar-refractivity contribution in [1.29, 1.82) is 0 Å². The highest BCUT2D eigenvalue weighted by atomic mass is 16.8. The molecule has 1 aliphatic heterocycles. The van der Waals surface area contributed by atoms with Gasteiger partial charge in [-0.25, -0.2) is 0 Å². The zero-order chi connectivity index (χ0) is 17.5. The Balaban J connectivity index is 1.84. The fraction of sp³-hybridized carbons (Fsp3) is 0.647. The Labute approximate surface area is 141 Å². The lowest BCUT2D eigenvalue weighted by molar-refractivity contribution is -0.335. The lowest BCUT2D eigenvalue weighted by atomic mass is 9.99. The summed E-state index contributed by atoms with van der Waals surface area (Å²) in [7, 11) is 1.48. The molecule has 0 amide bonds. The first-order chi connectivity index (χ1) is 11.6. The van der Waals surface area contributed by atoms with E-state index >= 15 is 0 Å². The van der Waals surface area contributed by atoms with E-state index in [1.807, 2.05) is 30.3 Å². The molecule has 0 saturated carbocycles. The minimum Gasteiger partial charge on any atom is -0.394 e.